The molecule has 182 valence electrons. The van der Waals surface area contributed by atoms with E-state index in [1.54, 1.807) is 4.90 Å². The molecule has 1 aliphatic heterocycles. The summed E-state index contributed by atoms with van der Waals surface area (Å²) in [5.74, 6) is 0.798. The lowest BCUT2D eigenvalue weighted by atomic mass is 10.1. The molecule has 0 unspecified atom stereocenters. The van der Waals surface area contributed by atoms with Crippen molar-refractivity contribution in [2.75, 3.05) is 6.54 Å². The van der Waals surface area contributed by atoms with E-state index >= 15 is 0 Å². The summed E-state index contributed by atoms with van der Waals surface area (Å²) in [6.45, 7) is 6.87. The van der Waals surface area contributed by atoms with Crippen LogP contribution in [-0.2, 0) is 4.79 Å². The summed E-state index contributed by atoms with van der Waals surface area (Å²) in [6.07, 6.45) is 8.41. The second kappa shape index (κ2) is 11.7. The van der Waals surface area contributed by atoms with Gasteiger partial charge in [0.15, 0.2) is 0 Å². The van der Waals surface area contributed by atoms with E-state index in [1.165, 1.54) is 18.2 Å². The first-order chi connectivity index (χ1) is 17.0. The maximum absolute atomic E-state index is 13.2. The number of amides is 1. The van der Waals surface area contributed by atoms with E-state index in [0.717, 1.165) is 47.5 Å². The Balaban J connectivity index is 1.66. The number of hydrogen-bond acceptors (Lipinski definition) is 5. The molecule has 0 aliphatic carbocycles. The number of rotatable bonds is 10. The molecule has 1 saturated heterocycles. The number of aromatic nitrogens is 2. The minimum atomic E-state index is -0.0180. The van der Waals surface area contributed by atoms with Gasteiger partial charge in [0.1, 0.15) is 10.1 Å². The van der Waals surface area contributed by atoms with Gasteiger partial charge in [-0.05, 0) is 62.7 Å². The summed E-state index contributed by atoms with van der Waals surface area (Å²) in [5.41, 5.74) is 3.59. The van der Waals surface area contributed by atoms with Crippen molar-refractivity contribution in [1.29, 1.82) is 0 Å². The van der Waals surface area contributed by atoms with E-state index in [2.05, 4.69) is 6.92 Å². The van der Waals surface area contributed by atoms with Crippen molar-refractivity contribution < 1.29 is 9.53 Å². The SMILES string of the molecule is CCCCCCN1C(=O)/C(=C/c2cn(-c3ccccc3)nc2-c2ccc(OC(C)C)cc2)SC1=S. The monoisotopic (exact) mass is 505 g/mol. The number of carbonyl (C=O) groups is 1. The fourth-order valence-corrected chi connectivity index (χ4v) is 5.22. The minimum Gasteiger partial charge on any atom is -0.491 e. The highest BCUT2D eigenvalue weighted by Crippen LogP contribution is 2.35. The third-order valence-electron chi connectivity index (χ3n) is 5.66. The molecule has 0 saturated carbocycles. The smallest absolute Gasteiger partial charge is 0.266 e. The highest BCUT2D eigenvalue weighted by Gasteiger charge is 2.32. The summed E-state index contributed by atoms with van der Waals surface area (Å²) in [4.78, 5) is 15.5. The number of unbranched alkanes of at least 4 members (excludes halogenated alkanes) is 3. The molecule has 0 spiro atoms. The molecule has 0 bridgehead atoms. The van der Waals surface area contributed by atoms with Crippen LogP contribution in [0, 0.1) is 0 Å². The van der Waals surface area contributed by atoms with Gasteiger partial charge in [0.05, 0.1) is 22.4 Å². The Hall–Kier alpha value is -2.90. The van der Waals surface area contributed by atoms with E-state index in [-0.39, 0.29) is 12.0 Å². The minimum absolute atomic E-state index is 0.0180. The Kier molecular flexibility index (Phi) is 8.42. The summed E-state index contributed by atoms with van der Waals surface area (Å²) in [5, 5.41) is 4.88. The molecular weight excluding hydrogens is 474 g/mol. The predicted molar refractivity (Wildman–Crippen MR) is 149 cm³/mol. The zero-order valence-corrected chi connectivity index (χ0v) is 22.1. The topological polar surface area (TPSA) is 47.4 Å². The molecule has 1 amide bonds. The van der Waals surface area contributed by atoms with Crippen molar-refractivity contribution in [3.8, 4) is 22.7 Å². The highest BCUT2D eigenvalue weighted by molar-refractivity contribution is 8.26. The van der Waals surface area contributed by atoms with Crippen LogP contribution in [0.25, 0.3) is 23.0 Å². The molecule has 0 atom stereocenters. The fourth-order valence-electron chi connectivity index (χ4n) is 3.92. The van der Waals surface area contributed by atoms with Crippen LogP contribution in [0.1, 0.15) is 52.0 Å². The van der Waals surface area contributed by atoms with Gasteiger partial charge >= 0.3 is 0 Å². The van der Waals surface area contributed by atoms with Crippen molar-refractivity contribution >= 4 is 40.3 Å². The lowest BCUT2D eigenvalue weighted by molar-refractivity contribution is -0.122. The molecule has 2 aromatic carbocycles. The third kappa shape index (κ3) is 6.21. The average Bonchev–Trinajstić information content (AvgIpc) is 3.38. The number of nitrogens with zero attached hydrogens (tertiary/aromatic N) is 3. The first-order valence-electron chi connectivity index (χ1n) is 12.1. The van der Waals surface area contributed by atoms with Gasteiger partial charge in [0.25, 0.3) is 5.91 Å². The highest BCUT2D eigenvalue weighted by atomic mass is 32.2. The summed E-state index contributed by atoms with van der Waals surface area (Å²) in [7, 11) is 0. The van der Waals surface area contributed by atoms with Gasteiger partial charge in [0.2, 0.25) is 0 Å². The number of benzene rings is 2. The largest absolute Gasteiger partial charge is 0.491 e. The van der Waals surface area contributed by atoms with Crippen molar-refractivity contribution in [3.05, 3.63) is 71.3 Å². The normalized spacial score (nSPS) is 15.0. The van der Waals surface area contributed by atoms with Crippen molar-refractivity contribution in [1.82, 2.24) is 14.7 Å². The van der Waals surface area contributed by atoms with Gasteiger partial charge in [-0.1, -0.05) is 68.4 Å². The molecule has 35 heavy (non-hydrogen) atoms. The quantitative estimate of drug-likeness (QED) is 0.167. The second-order valence-corrected chi connectivity index (χ2v) is 10.5. The molecule has 0 N–H and O–H groups in total. The number of carbonyl (C=O) groups excluding carboxylic acids is 1. The lowest BCUT2D eigenvalue weighted by Crippen LogP contribution is -2.29. The maximum Gasteiger partial charge on any atom is 0.266 e. The Bertz CT molecular complexity index is 1200. The molecule has 7 heteroatoms. The van der Waals surface area contributed by atoms with Crippen molar-refractivity contribution in [3.63, 3.8) is 0 Å². The van der Waals surface area contributed by atoms with Crippen LogP contribution in [0.4, 0.5) is 0 Å². The molecule has 3 aromatic rings. The van der Waals surface area contributed by atoms with Crippen LogP contribution >= 0.6 is 24.0 Å². The average molecular weight is 506 g/mol. The van der Waals surface area contributed by atoms with Gasteiger partial charge in [-0.2, -0.15) is 5.10 Å². The number of hydrogen-bond donors (Lipinski definition) is 0. The summed E-state index contributed by atoms with van der Waals surface area (Å²) < 4.78 is 8.28. The van der Waals surface area contributed by atoms with Gasteiger partial charge in [-0.25, -0.2) is 4.68 Å². The van der Waals surface area contributed by atoms with Crippen LogP contribution in [0.5, 0.6) is 5.75 Å². The number of thiocarbonyl (C=S) groups is 1. The van der Waals surface area contributed by atoms with Crippen LogP contribution < -0.4 is 4.74 Å². The number of ether oxygens (including phenoxy) is 1. The molecule has 1 aromatic heterocycles. The van der Waals surface area contributed by atoms with Crippen LogP contribution in [-0.4, -0.2) is 37.6 Å². The predicted octanol–water partition coefficient (Wildman–Crippen LogP) is 7.11. The second-order valence-electron chi connectivity index (χ2n) is 8.80. The van der Waals surface area contributed by atoms with Crippen LogP contribution in [0.15, 0.2) is 65.7 Å². The number of thioether (sulfide) groups is 1. The summed E-state index contributed by atoms with van der Waals surface area (Å²) >= 11 is 6.91. The number of para-hydroxylation sites is 1. The molecule has 4 rings (SSSR count). The van der Waals surface area contributed by atoms with Crippen molar-refractivity contribution in [2.45, 2.75) is 52.6 Å². The Labute approximate surface area is 217 Å². The molecule has 5 nitrogen and oxygen atoms in total. The zero-order valence-electron chi connectivity index (χ0n) is 20.4. The lowest BCUT2D eigenvalue weighted by Gasteiger charge is -2.13. The fraction of sp³-hybridized carbons (Fsp3) is 0.321. The van der Waals surface area contributed by atoms with Crippen LogP contribution in [0.2, 0.25) is 0 Å². The van der Waals surface area contributed by atoms with Gasteiger partial charge in [-0.3, -0.25) is 9.69 Å². The van der Waals surface area contributed by atoms with E-state index in [9.17, 15) is 4.79 Å². The van der Waals surface area contributed by atoms with Crippen LogP contribution in [0.3, 0.4) is 0 Å². The van der Waals surface area contributed by atoms with E-state index in [1.807, 2.05) is 85.4 Å². The standard InChI is InChI=1S/C28H31N3O2S2/c1-4-5-6-10-17-30-27(32)25(35-28(30)34)18-22-19-31(23-11-8-7-9-12-23)29-26(22)21-13-15-24(16-14-21)33-20(2)3/h7-9,11-16,18-20H,4-6,10,17H2,1-3H3/b25-18-. The molecule has 1 aliphatic rings. The van der Waals surface area contributed by atoms with E-state index < -0.39 is 0 Å². The maximum atomic E-state index is 13.2. The third-order valence-corrected chi connectivity index (χ3v) is 7.04. The Morgan fingerprint density at radius 3 is 2.49 bits per heavy atom. The van der Waals surface area contributed by atoms with E-state index in [4.69, 9.17) is 22.1 Å². The van der Waals surface area contributed by atoms with Gasteiger partial charge in [-0.15, -0.1) is 0 Å². The first-order valence-corrected chi connectivity index (χ1v) is 13.4. The first kappa shape index (κ1) is 25.2. The molecule has 0 radical (unpaired) electrons. The molecule has 1 fully saturated rings. The van der Waals surface area contributed by atoms with E-state index in [0.29, 0.717) is 15.8 Å². The molecular formula is C28H31N3O2S2. The summed E-state index contributed by atoms with van der Waals surface area (Å²) in [6, 6.07) is 17.9. The molecule has 2 heterocycles. The Morgan fingerprint density at radius 1 is 1.06 bits per heavy atom. The van der Waals surface area contributed by atoms with Gasteiger partial charge < -0.3 is 4.74 Å². The zero-order chi connectivity index (χ0) is 24.8. The van der Waals surface area contributed by atoms with Crippen molar-refractivity contribution in [2.24, 2.45) is 0 Å². The van der Waals surface area contributed by atoms with Gasteiger partial charge in [0, 0.05) is 23.9 Å². The Morgan fingerprint density at radius 2 is 1.80 bits per heavy atom.